The molecular formula is C64H48N2O2. The third-order valence-corrected chi connectivity index (χ3v) is 15.5. The summed E-state index contributed by atoms with van der Waals surface area (Å²) in [6, 6.07) is 71.0. The second kappa shape index (κ2) is 15.3. The van der Waals surface area contributed by atoms with Gasteiger partial charge in [-0.15, -0.1) is 0 Å². The van der Waals surface area contributed by atoms with Crippen LogP contribution in [0.5, 0.6) is 0 Å². The van der Waals surface area contributed by atoms with E-state index < -0.39 is 0 Å². The molecule has 68 heavy (non-hydrogen) atoms. The quantitative estimate of drug-likeness (QED) is 0.181. The lowest BCUT2D eigenvalue weighted by Crippen LogP contribution is -2.36. The van der Waals surface area contributed by atoms with Gasteiger partial charge in [-0.3, -0.25) is 5.32 Å². The maximum atomic E-state index is 7.07. The molecule has 2 aromatic heterocycles. The fourth-order valence-corrected chi connectivity index (χ4v) is 12.2. The van der Waals surface area contributed by atoms with Gasteiger partial charge in [0.1, 0.15) is 28.5 Å². The molecule has 2 N–H and O–H groups in total. The molecule has 0 fully saturated rings. The van der Waals surface area contributed by atoms with Crippen LogP contribution in [-0.4, -0.2) is 0 Å². The molecule has 326 valence electrons. The van der Waals surface area contributed by atoms with Gasteiger partial charge in [0.2, 0.25) is 0 Å². The molecule has 11 aromatic rings. The minimum atomic E-state index is -0.130. The number of rotatable bonds is 5. The van der Waals surface area contributed by atoms with Gasteiger partial charge in [0.05, 0.1) is 0 Å². The van der Waals surface area contributed by atoms with Crippen molar-refractivity contribution in [3.63, 3.8) is 0 Å². The second-order valence-electron chi connectivity index (χ2n) is 19.3. The molecule has 3 aliphatic rings. The summed E-state index contributed by atoms with van der Waals surface area (Å²) in [7, 11) is 0. The molecule has 0 amide bonds. The summed E-state index contributed by atoms with van der Waals surface area (Å²) >= 11 is 0. The summed E-state index contributed by atoms with van der Waals surface area (Å²) in [5, 5.41) is 12.9. The van der Waals surface area contributed by atoms with Crippen molar-refractivity contribution in [1.82, 2.24) is 10.6 Å². The zero-order valence-corrected chi connectivity index (χ0v) is 38.0. The molecule has 4 nitrogen and oxygen atoms in total. The number of para-hydroxylation sites is 4. The fraction of sp³-hybridized carbons (Fsp3) is 0.125. The van der Waals surface area contributed by atoms with Gasteiger partial charge in [0, 0.05) is 55.9 Å². The predicted octanol–water partition coefficient (Wildman–Crippen LogP) is 16.6. The Morgan fingerprint density at radius 2 is 1.04 bits per heavy atom. The Labute approximate surface area is 395 Å². The van der Waals surface area contributed by atoms with E-state index in [1.807, 2.05) is 12.1 Å². The molecule has 4 atom stereocenters. The van der Waals surface area contributed by atoms with Crippen LogP contribution in [0, 0.1) is 0 Å². The average molecular weight is 877 g/mol. The van der Waals surface area contributed by atoms with Crippen molar-refractivity contribution in [3.8, 4) is 44.5 Å². The Morgan fingerprint density at radius 1 is 0.456 bits per heavy atom. The van der Waals surface area contributed by atoms with E-state index in [0.717, 1.165) is 79.0 Å². The minimum Gasteiger partial charge on any atom is -0.455 e. The lowest BCUT2D eigenvalue weighted by molar-refractivity contribution is 0.412. The SMILES string of the molecule is CC1=C(C2c3ccccc3-c3ccccc3C2C)NC(c2ccc3c(c2)Cc2ccccc2-3)NC(c2cccc(-c3cccc4c3oc3c(-c5cccc6c5oc5ccccc56)cccc34)c2)C1. The van der Waals surface area contributed by atoms with Gasteiger partial charge >= 0.3 is 0 Å². The van der Waals surface area contributed by atoms with Gasteiger partial charge in [-0.25, -0.2) is 0 Å². The van der Waals surface area contributed by atoms with Crippen LogP contribution in [0.1, 0.15) is 77.7 Å². The van der Waals surface area contributed by atoms with Gasteiger partial charge in [-0.05, 0) is 99.0 Å². The Bertz CT molecular complexity index is 3880. The molecule has 2 aliphatic carbocycles. The maximum Gasteiger partial charge on any atom is 0.143 e. The fourth-order valence-electron chi connectivity index (χ4n) is 12.2. The summed E-state index contributed by atoms with van der Waals surface area (Å²) in [6.45, 7) is 4.78. The maximum absolute atomic E-state index is 7.07. The summed E-state index contributed by atoms with van der Waals surface area (Å²) in [6.07, 6.45) is 1.68. The van der Waals surface area contributed by atoms with Crippen molar-refractivity contribution >= 4 is 43.9 Å². The van der Waals surface area contributed by atoms with Crippen molar-refractivity contribution in [2.24, 2.45) is 0 Å². The summed E-state index contributed by atoms with van der Waals surface area (Å²) in [4.78, 5) is 0. The van der Waals surface area contributed by atoms with Crippen LogP contribution in [0.2, 0.25) is 0 Å². The van der Waals surface area contributed by atoms with Crippen LogP contribution in [0.4, 0.5) is 0 Å². The van der Waals surface area contributed by atoms with Gasteiger partial charge in [-0.1, -0.05) is 194 Å². The Kier molecular flexibility index (Phi) is 8.84. The highest BCUT2D eigenvalue weighted by molar-refractivity contribution is 6.16. The monoisotopic (exact) mass is 876 g/mol. The predicted molar refractivity (Wildman–Crippen MR) is 279 cm³/mol. The zero-order chi connectivity index (χ0) is 45.0. The van der Waals surface area contributed by atoms with Crippen molar-refractivity contribution in [1.29, 1.82) is 0 Å². The van der Waals surface area contributed by atoms with Crippen LogP contribution in [0.15, 0.2) is 214 Å². The third kappa shape index (κ3) is 6.03. The summed E-state index contributed by atoms with van der Waals surface area (Å²) in [5.41, 5.74) is 23.9. The Balaban J connectivity index is 0.882. The van der Waals surface area contributed by atoms with Gasteiger partial charge in [-0.2, -0.15) is 0 Å². The zero-order valence-electron chi connectivity index (χ0n) is 38.0. The highest BCUT2D eigenvalue weighted by atomic mass is 16.3. The van der Waals surface area contributed by atoms with E-state index >= 15 is 0 Å². The van der Waals surface area contributed by atoms with Crippen LogP contribution in [0.25, 0.3) is 88.4 Å². The standard InChI is InChI=1S/C64H48N2O2/c1-37-33-57(41-17-11-16-40(34-41)47-24-12-26-53-55-28-14-29-56(63(55)68-61(47)53)54-27-13-25-52-50-22-9-10-30-58(50)67-62(52)54)65-64(42-31-32-46-43(36-42)35-39-15-3-4-19-45(39)46)66-60(37)59-38(2)44-18-5-6-20-48(44)49-21-7-8-23-51(49)59/h3-32,34,36,38,57,59,64-66H,33,35H2,1-2H3. The van der Waals surface area contributed by atoms with Crippen LogP contribution >= 0.6 is 0 Å². The molecule has 9 aromatic carbocycles. The number of fused-ring (bicyclic) bond motifs is 12. The van der Waals surface area contributed by atoms with E-state index in [0.29, 0.717) is 0 Å². The molecule has 1 aliphatic heterocycles. The third-order valence-electron chi connectivity index (χ3n) is 15.5. The number of allylic oxidation sites excluding steroid dienone is 1. The number of hydrogen-bond acceptors (Lipinski definition) is 4. The first-order chi connectivity index (χ1) is 33.5. The average Bonchev–Trinajstić information content (AvgIpc) is 4.05. The molecule has 4 unspecified atom stereocenters. The van der Waals surface area contributed by atoms with E-state index in [1.54, 1.807) is 0 Å². The number of nitrogens with one attached hydrogen (secondary N) is 2. The molecule has 0 bridgehead atoms. The molecule has 0 radical (unpaired) electrons. The highest BCUT2D eigenvalue weighted by Gasteiger charge is 2.37. The first-order valence-electron chi connectivity index (χ1n) is 24.1. The lowest BCUT2D eigenvalue weighted by Gasteiger charge is -2.37. The van der Waals surface area contributed by atoms with E-state index in [9.17, 15) is 0 Å². The number of hydrogen-bond donors (Lipinski definition) is 2. The van der Waals surface area contributed by atoms with Crippen molar-refractivity contribution in [2.75, 3.05) is 0 Å². The van der Waals surface area contributed by atoms with E-state index in [4.69, 9.17) is 8.83 Å². The Hall–Kier alpha value is -7.92. The largest absolute Gasteiger partial charge is 0.455 e. The number of benzene rings is 9. The van der Waals surface area contributed by atoms with Crippen LogP contribution in [0.3, 0.4) is 0 Å². The van der Waals surface area contributed by atoms with Crippen molar-refractivity contribution in [2.45, 2.75) is 50.7 Å². The molecule has 4 heteroatoms. The Morgan fingerprint density at radius 3 is 1.85 bits per heavy atom. The molecule has 3 heterocycles. The normalized spacial score (nSPS) is 18.6. The van der Waals surface area contributed by atoms with Crippen LogP contribution < -0.4 is 10.6 Å². The van der Waals surface area contributed by atoms with Gasteiger partial charge in [0.25, 0.3) is 0 Å². The number of furan rings is 2. The molecule has 0 saturated carbocycles. The van der Waals surface area contributed by atoms with Crippen LogP contribution in [-0.2, 0) is 6.42 Å². The highest BCUT2D eigenvalue weighted by Crippen LogP contribution is 2.52. The van der Waals surface area contributed by atoms with E-state index in [-0.39, 0.29) is 24.0 Å². The lowest BCUT2D eigenvalue weighted by atomic mass is 9.70. The van der Waals surface area contributed by atoms with Gasteiger partial charge < -0.3 is 14.2 Å². The van der Waals surface area contributed by atoms with Crippen molar-refractivity contribution in [3.05, 3.63) is 239 Å². The van der Waals surface area contributed by atoms with E-state index in [1.165, 1.54) is 66.9 Å². The minimum absolute atomic E-state index is 0.0302. The first-order valence-corrected chi connectivity index (χ1v) is 24.1. The van der Waals surface area contributed by atoms with E-state index in [2.05, 4.69) is 206 Å². The summed E-state index contributed by atoms with van der Waals surface area (Å²) < 4.78 is 13.6. The molecule has 14 rings (SSSR count). The molecule has 0 saturated heterocycles. The van der Waals surface area contributed by atoms with Gasteiger partial charge in [0.15, 0.2) is 0 Å². The van der Waals surface area contributed by atoms with Crippen molar-refractivity contribution < 1.29 is 8.83 Å². The first kappa shape index (κ1) is 39.3. The molecule has 0 spiro atoms. The topological polar surface area (TPSA) is 50.3 Å². The smallest absolute Gasteiger partial charge is 0.143 e. The molecular weight excluding hydrogens is 829 g/mol. The summed E-state index contributed by atoms with van der Waals surface area (Å²) in [5.74, 6) is 0.452. The second-order valence-corrected chi connectivity index (χ2v) is 19.3.